The van der Waals surface area contributed by atoms with Gasteiger partial charge in [-0.2, -0.15) is 0 Å². The van der Waals surface area contributed by atoms with Crippen molar-refractivity contribution in [2.75, 3.05) is 6.54 Å². The molecule has 4 atom stereocenters. The summed E-state index contributed by atoms with van der Waals surface area (Å²) in [6.07, 6.45) is 2.18. The lowest BCUT2D eigenvalue weighted by atomic mass is 9.85. The fourth-order valence-corrected chi connectivity index (χ4v) is 4.27. The molecule has 2 aliphatic rings. The van der Waals surface area contributed by atoms with Gasteiger partial charge in [0, 0.05) is 24.0 Å². The summed E-state index contributed by atoms with van der Waals surface area (Å²) in [5.41, 5.74) is 9.54. The first-order chi connectivity index (χ1) is 10.3. The van der Waals surface area contributed by atoms with Crippen LogP contribution in [0.1, 0.15) is 11.1 Å². The predicted octanol–water partition coefficient (Wildman–Crippen LogP) is 2.39. The van der Waals surface area contributed by atoms with E-state index in [-0.39, 0.29) is 5.41 Å². The van der Waals surface area contributed by atoms with Crippen molar-refractivity contribution in [2.45, 2.75) is 24.9 Å². The van der Waals surface area contributed by atoms with Crippen LogP contribution in [0.4, 0.5) is 0 Å². The van der Waals surface area contributed by atoms with Gasteiger partial charge in [0.2, 0.25) is 0 Å². The molecule has 1 aliphatic heterocycles. The van der Waals surface area contributed by atoms with Gasteiger partial charge in [0.05, 0.1) is 0 Å². The van der Waals surface area contributed by atoms with E-state index in [0.29, 0.717) is 18.0 Å². The lowest BCUT2D eigenvalue weighted by Crippen LogP contribution is -2.40. The lowest BCUT2D eigenvalue weighted by molar-refractivity contribution is 0.361. The Morgan fingerprint density at radius 1 is 0.952 bits per heavy atom. The summed E-state index contributed by atoms with van der Waals surface area (Å²) >= 11 is 0. The first kappa shape index (κ1) is 13.1. The molecule has 21 heavy (non-hydrogen) atoms. The minimum Gasteiger partial charge on any atom is -0.327 e. The molecule has 4 unspecified atom stereocenters. The molecule has 108 valence electrons. The number of benzene rings is 2. The molecule has 1 saturated heterocycles. The molecule has 0 aromatic heterocycles. The van der Waals surface area contributed by atoms with E-state index in [4.69, 9.17) is 5.73 Å². The van der Waals surface area contributed by atoms with Crippen LogP contribution >= 0.6 is 0 Å². The molecule has 2 heteroatoms. The Hall–Kier alpha value is -1.64. The number of piperidine rings is 1. The third-order valence-corrected chi connectivity index (χ3v) is 5.50. The number of nitrogens with one attached hydrogen (secondary N) is 1. The highest BCUT2D eigenvalue weighted by Gasteiger charge is 2.69. The maximum Gasteiger partial charge on any atom is 0.0186 e. The Bertz CT molecular complexity index is 610. The van der Waals surface area contributed by atoms with E-state index in [0.717, 1.165) is 19.4 Å². The van der Waals surface area contributed by atoms with E-state index in [1.165, 1.54) is 11.1 Å². The third-order valence-electron chi connectivity index (χ3n) is 5.50. The van der Waals surface area contributed by atoms with Crippen molar-refractivity contribution in [1.29, 1.82) is 0 Å². The highest BCUT2D eigenvalue weighted by Crippen LogP contribution is 2.59. The van der Waals surface area contributed by atoms with Crippen LogP contribution in [-0.4, -0.2) is 18.6 Å². The molecule has 0 bridgehead atoms. The van der Waals surface area contributed by atoms with Crippen LogP contribution in [0, 0.1) is 11.3 Å². The van der Waals surface area contributed by atoms with Crippen molar-refractivity contribution in [3.8, 4) is 0 Å². The van der Waals surface area contributed by atoms with Gasteiger partial charge >= 0.3 is 0 Å². The topological polar surface area (TPSA) is 38.0 Å². The fraction of sp³-hybridized carbons (Fsp3) is 0.368. The molecule has 2 nitrogen and oxygen atoms in total. The van der Waals surface area contributed by atoms with Gasteiger partial charge in [-0.15, -0.1) is 0 Å². The number of rotatable bonds is 4. The summed E-state index contributed by atoms with van der Waals surface area (Å²) in [6.45, 7) is 1.07. The summed E-state index contributed by atoms with van der Waals surface area (Å²) < 4.78 is 0. The van der Waals surface area contributed by atoms with E-state index >= 15 is 0 Å². The first-order valence-electron chi connectivity index (χ1n) is 7.87. The van der Waals surface area contributed by atoms with Crippen molar-refractivity contribution in [2.24, 2.45) is 17.1 Å². The van der Waals surface area contributed by atoms with Gasteiger partial charge in [-0.3, -0.25) is 0 Å². The Labute approximate surface area is 126 Å². The molecular weight excluding hydrogens is 256 g/mol. The second-order valence-corrected chi connectivity index (χ2v) is 6.56. The van der Waals surface area contributed by atoms with E-state index in [9.17, 15) is 0 Å². The minimum absolute atomic E-state index is 0.261. The Morgan fingerprint density at radius 2 is 1.57 bits per heavy atom. The monoisotopic (exact) mass is 278 g/mol. The average Bonchev–Trinajstić information content (AvgIpc) is 2.90. The summed E-state index contributed by atoms with van der Waals surface area (Å²) in [7, 11) is 0. The summed E-state index contributed by atoms with van der Waals surface area (Å²) in [5, 5.41) is 3.72. The molecule has 0 radical (unpaired) electrons. The molecule has 3 N–H and O–H groups in total. The van der Waals surface area contributed by atoms with Crippen molar-refractivity contribution in [1.82, 2.24) is 5.32 Å². The van der Waals surface area contributed by atoms with Gasteiger partial charge in [0.25, 0.3) is 0 Å². The van der Waals surface area contributed by atoms with Crippen LogP contribution in [0.25, 0.3) is 0 Å². The zero-order valence-electron chi connectivity index (χ0n) is 12.2. The Balaban J connectivity index is 1.57. The van der Waals surface area contributed by atoms with Crippen LogP contribution in [0.5, 0.6) is 0 Å². The van der Waals surface area contributed by atoms with E-state index < -0.39 is 0 Å². The molecule has 0 amide bonds. The molecule has 0 spiro atoms. The Kier molecular flexibility index (Phi) is 3.09. The molecule has 2 aromatic rings. The summed E-state index contributed by atoms with van der Waals surface area (Å²) in [6, 6.07) is 22.4. The molecule has 2 fully saturated rings. The largest absolute Gasteiger partial charge is 0.327 e. The van der Waals surface area contributed by atoms with Crippen molar-refractivity contribution >= 4 is 0 Å². The van der Waals surface area contributed by atoms with E-state index in [1.807, 2.05) is 0 Å². The number of fused-ring (bicyclic) bond motifs is 1. The van der Waals surface area contributed by atoms with Crippen molar-refractivity contribution in [3.63, 3.8) is 0 Å². The van der Waals surface area contributed by atoms with Crippen LogP contribution in [0.3, 0.4) is 0 Å². The summed E-state index contributed by atoms with van der Waals surface area (Å²) in [5.74, 6) is 0.645. The van der Waals surface area contributed by atoms with Gasteiger partial charge in [-0.05, 0) is 29.9 Å². The van der Waals surface area contributed by atoms with E-state index in [2.05, 4.69) is 66.0 Å². The zero-order chi connectivity index (χ0) is 14.3. The minimum atomic E-state index is 0.261. The van der Waals surface area contributed by atoms with Crippen LogP contribution in [0.15, 0.2) is 60.7 Å². The first-order valence-corrected chi connectivity index (χ1v) is 7.87. The maximum absolute atomic E-state index is 6.46. The smallest absolute Gasteiger partial charge is 0.0186 e. The fourth-order valence-electron chi connectivity index (χ4n) is 4.27. The molecule has 1 saturated carbocycles. The van der Waals surface area contributed by atoms with Gasteiger partial charge in [0.15, 0.2) is 0 Å². The molecule has 1 heterocycles. The molecule has 1 aliphatic carbocycles. The lowest BCUT2D eigenvalue weighted by Gasteiger charge is -2.25. The van der Waals surface area contributed by atoms with Gasteiger partial charge in [-0.1, -0.05) is 60.7 Å². The number of hydrogen-bond acceptors (Lipinski definition) is 2. The highest BCUT2D eigenvalue weighted by atomic mass is 15.1. The predicted molar refractivity (Wildman–Crippen MR) is 86.0 cm³/mol. The standard InChI is InChI=1S/C19H22N2/c20-18-16-13-21-17(11-14-7-3-1-4-8-14)19(16,18)12-15-9-5-2-6-10-15/h1-10,16-18,21H,11-13,20H2. The SMILES string of the molecule is NC1C2CNC(Cc3ccccc3)C12Cc1ccccc1. The van der Waals surface area contributed by atoms with Crippen molar-refractivity contribution in [3.05, 3.63) is 71.8 Å². The quantitative estimate of drug-likeness (QED) is 0.901. The second-order valence-electron chi connectivity index (χ2n) is 6.56. The Morgan fingerprint density at radius 3 is 2.19 bits per heavy atom. The van der Waals surface area contributed by atoms with Crippen LogP contribution in [-0.2, 0) is 12.8 Å². The van der Waals surface area contributed by atoms with Gasteiger partial charge < -0.3 is 11.1 Å². The third kappa shape index (κ3) is 2.10. The molecule has 4 rings (SSSR count). The highest BCUT2D eigenvalue weighted by molar-refractivity contribution is 5.32. The second kappa shape index (κ2) is 4.97. The summed E-state index contributed by atoms with van der Waals surface area (Å²) in [4.78, 5) is 0. The van der Waals surface area contributed by atoms with Crippen LogP contribution in [0.2, 0.25) is 0 Å². The maximum atomic E-state index is 6.46. The average molecular weight is 278 g/mol. The van der Waals surface area contributed by atoms with Crippen molar-refractivity contribution < 1.29 is 0 Å². The van der Waals surface area contributed by atoms with Gasteiger partial charge in [-0.25, -0.2) is 0 Å². The van der Waals surface area contributed by atoms with Gasteiger partial charge in [0.1, 0.15) is 0 Å². The zero-order valence-corrected chi connectivity index (χ0v) is 12.2. The normalized spacial score (nSPS) is 33.7. The molecular formula is C19H22N2. The number of nitrogens with two attached hydrogens (primary N) is 1. The molecule has 2 aromatic carbocycles. The van der Waals surface area contributed by atoms with E-state index in [1.54, 1.807) is 0 Å². The van der Waals surface area contributed by atoms with Crippen LogP contribution < -0.4 is 11.1 Å². The number of hydrogen-bond donors (Lipinski definition) is 2.